The van der Waals surface area contributed by atoms with Crippen molar-refractivity contribution in [3.63, 3.8) is 0 Å². The summed E-state index contributed by atoms with van der Waals surface area (Å²) >= 11 is 0. The van der Waals surface area contributed by atoms with Crippen molar-refractivity contribution in [3.8, 4) is 0 Å². The van der Waals surface area contributed by atoms with Gasteiger partial charge in [0.05, 0.1) is 0 Å². The largest absolute Gasteiger partial charge is 0.396 e. The van der Waals surface area contributed by atoms with Gasteiger partial charge in [0.1, 0.15) is 5.69 Å². The lowest BCUT2D eigenvalue weighted by atomic mass is 9.93. The van der Waals surface area contributed by atoms with Crippen LogP contribution in [0, 0.1) is 11.8 Å². The fourth-order valence-electron chi connectivity index (χ4n) is 3.51. The van der Waals surface area contributed by atoms with Crippen LogP contribution in [0.3, 0.4) is 0 Å². The third kappa shape index (κ3) is 2.62. The van der Waals surface area contributed by atoms with Crippen LogP contribution in [0.25, 0.3) is 0 Å². The molecule has 4 nitrogen and oxygen atoms in total. The van der Waals surface area contributed by atoms with Crippen LogP contribution >= 0.6 is 0 Å². The molecule has 1 heterocycles. The molecule has 2 saturated carbocycles. The summed E-state index contributed by atoms with van der Waals surface area (Å²) in [5.74, 6) is 0.843. The van der Waals surface area contributed by atoms with Gasteiger partial charge in [0.15, 0.2) is 0 Å². The average Bonchev–Trinajstić information content (AvgIpc) is 3.02. The minimum Gasteiger partial charge on any atom is -0.396 e. The molecule has 0 saturated heterocycles. The molecular weight excluding hydrogens is 252 g/mol. The monoisotopic (exact) mass is 276 g/mol. The van der Waals surface area contributed by atoms with E-state index in [-0.39, 0.29) is 12.5 Å². The van der Waals surface area contributed by atoms with E-state index in [1.165, 1.54) is 25.7 Å². The number of carbonyl (C=O) groups is 1. The Morgan fingerprint density at radius 2 is 2.00 bits per heavy atom. The standard InChI is InChI=1S/C16H24N2O2/c19-11-13-5-1-4-12(13)10-17-16(20)15-8-3-9-18(15)14-6-2-7-14/h3,8-9,12-14,19H,1-2,4-7,10-11H2,(H,17,20). The van der Waals surface area contributed by atoms with Crippen LogP contribution in [-0.2, 0) is 0 Å². The van der Waals surface area contributed by atoms with Crippen LogP contribution in [0.4, 0.5) is 0 Å². The molecule has 2 N–H and O–H groups in total. The lowest BCUT2D eigenvalue weighted by Crippen LogP contribution is -2.33. The Balaban J connectivity index is 1.58. The van der Waals surface area contributed by atoms with E-state index in [2.05, 4.69) is 9.88 Å². The minimum atomic E-state index is 0.0329. The molecule has 110 valence electrons. The molecule has 0 spiro atoms. The van der Waals surface area contributed by atoms with Crippen LogP contribution in [0.1, 0.15) is 55.1 Å². The second-order valence-electron chi connectivity index (χ2n) is 6.23. The van der Waals surface area contributed by atoms with Crippen molar-refractivity contribution in [1.29, 1.82) is 0 Å². The van der Waals surface area contributed by atoms with E-state index in [0.29, 0.717) is 24.4 Å². The first kappa shape index (κ1) is 13.7. The summed E-state index contributed by atoms with van der Waals surface area (Å²) in [4.78, 5) is 12.3. The molecule has 1 amide bonds. The maximum absolute atomic E-state index is 12.3. The molecule has 20 heavy (non-hydrogen) atoms. The summed E-state index contributed by atoms with van der Waals surface area (Å²) in [6.45, 7) is 0.943. The molecule has 1 aromatic heterocycles. The zero-order chi connectivity index (χ0) is 13.9. The highest BCUT2D eigenvalue weighted by Gasteiger charge is 2.28. The smallest absolute Gasteiger partial charge is 0.267 e. The molecule has 2 aliphatic rings. The van der Waals surface area contributed by atoms with Gasteiger partial charge in [-0.25, -0.2) is 0 Å². The topological polar surface area (TPSA) is 54.3 Å². The molecule has 0 radical (unpaired) electrons. The predicted molar refractivity (Wildman–Crippen MR) is 77.6 cm³/mol. The summed E-state index contributed by atoms with van der Waals surface area (Å²) in [6.07, 6.45) is 9.04. The van der Waals surface area contributed by atoms with Crippen molar-refractivity contribution in [1.82, 2.24) is 9.88 Å². The van der Waals surface area contributed by atoms with Gasteiger partial charge in [0.2, 0.25) is 0 Å². The van der Waals surface area contributed by atoms with Crippen molar-refractivity contribution in [2.24, 2.45) is 11.8 Å². The Hall–Kier alpha value is -1.29. The molecule has 3 rings (SSSR count). The summed E-state index contributed by atoms with van der Waals surface area (Å²) in [7, 11) is 0. The number of amides is 1. The van der Waals surface area contributed by atoms with E-state index in [4.69, 9.17) is 0 Å². The fraction of sp³-hybridized carbons (Fsp3) is 0.688. The maximum atomic E-state index is 12.3. The van der Waals surface area contributed by atoms with Crippen molar-refractivity contribution in [3.05, 3.63) is 24.0 Å². The minimum absolute atomic E-state index is 0.0329. The first-order chi connectivity index (χ1) is 9.79. The van der Waals surface area contributed by atoms with Crippen LogP contribution in [0.15, 0.2) is 18.3 Å². The van der Waals surface area contributed by atoms with Crippen molar-refractivity contribution >= 4 is 5.91 Å². The van der Waals surface area contributed by atoms with Gasteiger partial charge < -0.3 is 15.0 Å². The van der Waals surface area contributed by atoms with Gasteiger partial charge >= 0.3 is 0 Å². The molecule has 0 bridgehead atoms. The molecule has 0 aromatic carbocycles. The Labute approximate surface area is 120 Å². The Morgan fingerprint density at radius 3 is 2.70 bits per heavy atom. The number of nitrogens with one attached hydrogen (secondary N) is 1. The highest BCUT2D eigenvalue weighted by Crippen LogP contribution is 2.33. The molecule has 4 heteroatoms. The molecule has 1 aromatic rings. The number of nitrogens with zero attached hydrogens (tertiary/aromatic N) is 1. The van der Waals surface area contributed by atoms with Crippen LogP contribution < -0.4 is 5.32 Å². The Kier molecular flexibility index (Phi) is 4.10. The average molecular weight is 276 g/mol. The van der Waals surface area contributed by atoms with Crippen LogP contribution in [-0.4, -0.2) is 28.7 Å². The second-order valence-corrected chi connectivity index (χ2v) is 6.23. The van der Waals surface area contributed by atoms with Gasteiger partial charge in [0, 0.05) is 25.4 Å². The maximum Gasteiger partial charge on any atom is 0.267 e. The SMILES string of the molecule is O=C(NCC1CCCC1CO)c1cccn1C1CCC1. The Morgan fingerprint density at radius 1 is 1.25 bits per heavy atom. The highest BCUT2D eigenvalue weighted by molar-refractivity contribution is 5.92. The number of aliphatic hydroxyl groups excluding tert-OH is 1. The van der Waals surface area contributed by atoms with Gasteiger partial charge in [-0.05, 0) is 56.1 Å². The third-order valence-corrected chi connectivity index (χ3v) is 5.06. The number of hydrogen-bond donors (Lipinski definition) is 2. The van der Waals surface area contributed by atoms with Crippen LogP contribution in [0.5, 0.6) is 0 Å². The second kappa shape index (κ2) is 6.00. The molecule has 2 unspecified atom stereocenters. The fourth-order valence-corrected chi connectivity index (χ4v) is 3.51. The lowest BCUT2D eigenvalue weighted by Gasteiger charge is -2.29. The number of carbonyl (C=O) groups excluding carboxylic acids is 1. The molecule has 2 atom stereocenters. The number of aromatic nitrogens is 1. The third-order valence-electron chi connectivity index (χ3n) is 5.06. The highest BCUT2D eigenvalue weighted by atomic mass is 16.3. The summed E-state index contributed by atoms with van der Waals surface area (Å²) in [5, 5.41) is 12.4. The Bertz CT molecular complexity index is 465. The van der Waals surface area contributed by atoms with Crippen LogP contribution in [0.2, 0.25) is 0 Å². The van der Waals surface area contributed by atoms with Crippen molar-refractivity contribution in [2.45, 2.75) is 44.6 Å². The zero-order valence-corrected chi connectivity index (χ0v) is 11.9. The van der Waals surface area contributed by atoms with Gasteiger partial charge in [-0.2, -0.15) is 0 Å². The van der Waals surface area contributed by atoms with Crippen molar-refractivity contribution < 1.29 is 9.90 Å². The summed E-state index contributed by atoms with van der Waals surface area (Å²) < 4.78 is 2.12. The van der Waals surface area contributed by atoms with Crippen molar-refractivity contribution in [2.75, 3.05) is 13.2 Å². The summed E-state index contributed by atoms with van der Waals surface area (Å²) in [5.41, 5.74) is 0.785. The van der Waals surface area contributed by atoms with E-state index in [1.54, 1.807) is 0 Å². The van der Waals surface area contributed by atoms with E-state index >= 15 is 0 Å². The molecular formula is C16H24N2O2. The van der Waals surface area contributed by atoms with E-state index in [1.807, 2.05) is 18.3 Å². The zero-order valence-electron chi connectivity index (χ0n) is 11.9. The van der Waals surface area contributed by atoms with Gasteiger partial charge in [-0.15, -0.1) is 0 Å². The first-order valence-electron chi connectivity index (χ1n) is 7.85. The van der Waals surface area contributed by atoms with Gasteiger partial charge in [-0.3, -0.25) is 4.79 Å². The van der Waals surface area contributed by atoms with E-state index in [9.17, 15) is 9.90 Å². The van der Waals surface area contributed by atoms with Gasteiger partial charge in [-0.1, -0.05) is 6.42 Å². The number of hydrogen-bond acceptors (Lipinski definition) is 2. The first-order valence-corrected chi connectivity index (χ1v) is 7.85. The van der Waals surface area contributed by atoms with Gasteiger partial charge in [0.25, 0.3) is 5.91 Å². The number of rotatable bonds is 5. The van der Waals surface area contributed by atoms with E-state index < -0.39 is 0 Å². The predicted octanol–water partition coefficient (Wildman–Crippen LogP) is 2.35. The molecule has 0 aliphatic heterocycles. The quantitative estimate of drug-likeness (QED) is 0.867. The summed E-state index contributed by atoms with van der Waals surface area (Å²) in [6, 6.07) is 4.38. The lowest BCUT2D eigenvalue weighted by molar-refractivity contribution is 0.0922. The number of aliphatic hydroxyl groups is 1. The molecule has 2 fully saturated rings. The normalized spacial score (nSPS) is 26.4. The molecule has 2 aliphatic carbocycles. The van der Waals surface area contributed by atoms with E-state index in [0.717, 1.165) is 18.5 Å².